The lowest BCUT2D eigenvalue weighted by atomic mass is 10.2. The Labute approximate surface area is 167 Å². The van der Waals surface area contributed by atoms with Gasteiger partial charge in [0.05, 0.1) is 11.4 Å². The first-order valence-electron chi connectivity index (χ1n) is 8.26. The fourth-order valence-corrected chi connectivity index (χ4v) is 4.38. The highest BCUT2D eigenvalue weighted by molar-refractivity contribution is 7.99. The van der Waals surface area contributed by atoms with Gasteiger partial charge in [0, 0.05) is 34.1 Å². The van der Waals surface area contributed by atoms with E-state index in [0.29, 0.717) is 11.0 Å². The Bertz CT molecular complexity index is 1170. The van der Waals surface area contributed by atoms with Crippen LogP contribution in [0.2, 0.25) is 0 Å². The van der Waals surface area contributed by atoms with E-state index in [1.807, 2.05) is 35.2 Å². The van der Waals surface area contributed by atoms with E-state index in [4.69, 9.17) is 0 Å². The molecule has 28 heavy (non-hydrogen) atoms. The van der Waals surface area contributed by atoms with Gasteiger partial charge in [-0.3, -0.25) is 4.79 Å². The predicted octanol–water partition coefficient (Wildman–Crippen LogP) is 4.71. The molecule has 0 spiro atoms. The van der Waals surface area contributed by atoms with E-state index in [9.17, 15) is 13.6 Å². The van der Waals surface area contributed by atoms with Crippen LogP contribution in [0.4, 0.5) is 14.5 Å². The van der Waals surface area contributed by atoms with Crippen molar-refractivity contribution in [3.8, 4) is 11.4 Å². The number of amides is 1. The molecule has 4 aromatic rings. The van der Waals surface area contributed by atoms with E-state index in [2.05, 4.69) is 21.6 Å². The minimum absolute atomic E-state index is 0.0210. The van der Waals surface area contributed by atoms with Gasteiger partial charge >= 0.3 is 0 Å². The Hall–Kier alpha value is -2.78. The number of benzene rings is 2. The molecule has 0 aliphatic carbocycles. The summed E-state index contributed by atoms with van der Waals surface area (Å²) < 4.78 is 29.6. The second-order valence-electron chi connectivity index (χ2n) is 5.97. The van der Waals surface area contributed by atoms with Crippen LogP contribution in [0.5, 0.6) is 0 Å². The van der Waals surface area contributed by atoms with Crippen LogP contribution in [-0.4, -0.2) is 26.4 Å². The zero-order valence-corrected chi connectivity index (χ0v) is 16.3. The molecule has 2 aromatic heterocycles. The summed E-state index contributed by atoms with van der Waals surface area (Å²) >= 11 is 2.83. The maximum absolute atomic E-state index is 13.6. The molecule has 2 heterocycles. The Morgan fingerprint density at radius 3 is 2.86 bits per heavy atom. The number of nitrogens with one attached hydrogen (secondary N) is 1. The van der Waals surface area contributed by atoms with E-state index < -0.39 is 17.5 Å². The monoisotopic (exact) mass is 416 g/mol. The average Bonchev–Trinajstić information content (AvgIpc) is 3.25. The number of halogens is 2. The summed E-state index contributed by atoms with van der Waals surface area (Å²) in [7, 11) is 1.83. The fourth-order valence-electron chi connectivity index (χ4n) is 2.73. The number of hydrogen-bond acceptors (Lipinski definition) is 5. The maximum atomic E-state index is 13.6. The number of aromatic nitrogens is 3. The molecular weight excluding hydrogens is 402 g/mol. The van der Waals surface area contributed by atoms with E-state index in [-0.39, 0.29) is 11.4 Å². The van der Waals surface area contributed by atoms with Crippen LogP contribution in [0.15, 0.2) is 53.0 Å². The van der Waals surface area contributed by atoms with Crippen LogP contribution >= 0.6 is 23.1 Å². The predicted molar refractivity (Wildman–Crippen MR) is 108 cm³/mol. The number of rotatable bonds is 5. The molecule has 1 N–H and O–H groups in total. The lowest BCUT2D eigenvalue weighted by molar-refractivity contribution is -0.113. The summed E-state index contributed by atoms with van der Waals surface area (Å²) in [5, 5.41) is 14.6. The summed E-state index contributed by atoms with van der Waals surface area (Å²) in [5.74, 6) is -1.19. The topological polar surface area (TPSA) is 59.8 Å². The molecule has 0 saturated heterocycles. The molecule has 4 rings (SSSR count). The molecule has 0 unspecified atom stereocenters. The van der Waals surface area contributed by atoms with Crippen molar-refractivity contribution >= 4 is 44.8 Å². The second kappa shape index (κ2) is 7.69. The van der Waals surface area contributed by atoms with Crippen molar-refractivity contribution in [1.29, 1.82) is 0 Å². The quantitative estimate of drug-likeness (QED) is 0.479. The third-order valence-electron chi connectivity index (χ3n) is 4.09. The van der Waals surface area contributed by atoms with Crippen molar-refractivity contribution in [3.63, 3.8) is 0 Å². The Morgan fingerprint density at radius 2 is 2.04 bits per heavy atom. The van der Waals surface area contributed by atoms with Crippen LogP contribution in [0.3, 0.4) is 0 Å². The number of carbonyl (C=O) groups is 1. The molecule has 5 nitrogen and oxygen atoms in total. The zero-order chi connectivity index (χ0) is 19.7. The number of anilines is 1. The van der Waals surface area contributed by atoms with Crippen molar-refractivity contribution in [3.05, 3.63) is 59.5 Å². The fraction of sp³-hybridized carbons (Fsp3) is 0.105. The molecule has 0 saturated carbocycles. The van der Waals surface area contributed by atoms with Crippen molar-refractivity contribution in [2.45, 2.75) is 5.16 Å². The zero-order valence-electron chi connectivity index (χ0n) is 14.6. The first-order valence-corrected chi connectivity index (χ1v) is 10.1. The average molecular weight is 416 g/mol. The van der Waals surface area contributed by atoms with Crippen LogP contribution < -0.4 is 5.32 Å². The SMILES string of the molecule is Cn1c(SCC(=O)Nc2ccc(F)cc2F)nnc1-c1csc2ccccc12. The van der Waals surface area contributed by atoms with Gasteiger partial charge in [-0.25, -0.2) is 8.78 Å². The minimum atomic E-state index is -0.816. The van der Waals surface area contributed by atoms with Gasteiger partial charge < -0.3 is 9.88 Å². The van der Waals surface area contributed by atoms with Gasteiger partial charge in [0.15, 0.2) is 11.0 Å². The highest BCUT2D eigenvalue weighted by Crippen LogP contribution is 2.33. The standard InChI is InChI=1S/C19H14F2N4OS2/c1-25-18(13-9-27-16-5-3-2-4-12(13)16)23-24-19(25)28-10-17(26)22-15-7-6-11(20)8-14(15)21/h2-9H,10H2,1H3,(H,22,26). The van der Waals surface area contributed by atoms with E-state index in [1.165, 1.54) is 17.8 Å². The maximum Gasteiger partial charge on any atom is 0.234 e. The van der Waals surface area contributed by atoms with E-state index in [0.717, 1.165) is 27.8 Å². The molecule has 0 radical (unpaired) electrons. The van der Waals surface area contributed by atoms with Crippen molar-refractivity contribution in [1.82, 2.24) is 14.8 Å². The number of thioether (sulfide) groups is 1. The summed E-state index contributed by atoms with van der Waals surface area (Å²) in [6, 6.07) is 11.1. The summed E-state index contributed by atoms with van der Waals surface area (Å²) in [6.07, 6.45) is 0. The number of hydrogen-bond donors (Lipinski definition) is 1. The lowest BCUT2D eigenvalue weighted by Gasteiger charge is -2.06. The Kier molecular flexibility index (Phi) is 5.10. The van der Waals surface area contributed by atoms with Crippen molar-refractivity contribution in [2.75, 3.05) is 11.1 Å². The summed E-state index contributed by atoms with van der Waals surface area (Å²) in [6.45, 7) is 0. The summed E-state index contributed by atoms with van der Waals surface area (Å²) in [5.41, 5.74) is 0.927. The highest BCUT2D eigenvalue weighted by Gasteiger charge is 2.16. The first kappa shape index (κ1) is 18.6. The van der Waals surface area contributed by atoms with Crippen LogP contribution in [-0.2, 0) is 11.8 Å². The van der Waals surface area contributed by atoms with Gasteiger partial charge in [0.1, 0.15) is 11.6 Å². The third kappa shape index (κ3) is 3.63. The molecule has 0 atom stereocenters. The summed E-state index contributed by atoms with van der Waals surface area (Å²) in [4.78, 5) is 12.1. The second-order valence-corrected chi connectivity index (χ2v) is 7.83. The first-order chi connectivity index (χ1) is 13.5. The van der Waals surface area contributed by atoms with Crippen LogP contribution in [0.25, 0.3) is 21.5 Å². The normalized spacial score (nSPS) is 11.1. The lowest BCUT2D eigenvalue weighted by Crippen LogP contribution is -2.15. The highest BCUT2D eigenvalue weighted by atomic mass is 32.2. The molecule has 0 fully saturated rings. The van der Waals surface area contributed by atoms with E-state index in [1.54, 1.807) is 11.3 Å². The number of thiophene rings is 1. The molecule has 2 aromatic carbocycles. The van der Waals surface area contributed by atoms with Gasteiger partial charge in [-0.15, -0.1) is 21.5 Å². The van der Waals surface area contributed by atoms with Crippen molar-refractivity contribution in [2.24, 2.45) is 7.05 Å². The Morgan fingerprint density at radius 1 is 1.21 bits per heavy atom. The largest absolute Gasteiger partial charge is 0.323 e. The molecule has 0 bridgehead atoms. The Balaban J connectivity index is 1.47. The van der Waals surface area contributed by atoms with Crippen LogP contribution in [0, 0.1) is 11.6 Å². The third-order valence-corrected chi connectivity index (χ3v) is 6.08. The number of nitrogens with zero attached hydrogens (tertiary/aromatic N) is 3. The smallest absolute Gasteiger partial charge is 0.234 e. The van der Waals surface area contributed by atoms with Gasteiger partial charge in [0.25, 0.3) is 0 Å². The van der Waals surface area contributed by atoms with E-state index >= 15 is 0 Å². The molecule has 142 valence electrons. The number of fused-ring (bicyclic) bond motifs is 1. The van der Waals surface area contributed by atoms with Gasteiger partial charge in [0.2, 0.25) is 5.91 Å². The molecule has 0 aliphatic rings. The van der Waals surface area contributed by atoms with Crippen LogP contribution in [0.1, 0.15) is 0 Å². The van der Waals surface area contributed by atoms with Gasteiger partial charge in [-0.2, -0.15) is 0 Å². The molecule has 1 amide bonds. The minimum Gasteiger partial charge on any atom is -0.323 e. The van der Waals surface area contributed by atoms with Gasteiger partial charge in [-0.05, 0) is 18.2 Å². The van der Waals surface area contributed by atoms with Crippen molar-refractivity contribution < 1.29 is 13.6 Å². The van der Waals surface area contributed by atoms with Gasteiger partial charge in [-0.1, -0.05) is 30.0 Å². The number of carbonyl (C=O) groups excluding carboxylic acids is 1. The molecule has 9 heteroatoms. The molecular formula is C19H14F2N4OS2. The molecule has 0 aliphatic heterocycles.